The molecule has 0 atom stereocenters. The summed E-state index contributed by atoms with van der Waals surface area (Å²) >= 11 is 0. The van der Waals surface area contributed by atoms with Crippen LogP contribution in [-0.2, 0) is 4.79 Å². The second kappa shape index (κ2) is 7.17. The maximum absolute atomic E-state index is 10.9. The van der Waals surface area contributed by atoms with E-state index in [-0.39, 0.29) is 5.91 Å². The Kier molecular flexibility index (Phi) is 5.25. The summed E-state index contributed by atoms with van der Waals surface area (Å²) in [6.07, 6.45) is 8.33. The van der Waals surface area contributed by atoms with Gasteiger partial charge >= 0.3 is 0 Å². The monoisotopic (exact) mass is 260 g/mol. The highest BCUT2D eigenvalue weighted by atomic mass is 16.1. The van der Waals surface area contributed by atoms with Crippen molar-refractivity contribution in [1.29, 1.82) is 0 Å². The summed E-state index contributed by atoms with van der Waals surface area (Å²) in [6.45, 7) is 2.57. The Morgan fingerprint density at radius 2 is 1.74 bits per heavy atom. The van der Waals surface area contributed by atoms with Gasteiger partial charge in [0.1, 0.15) is 0 Å². The third-order valence-electron chi connectivity index (χ3n) is 3.81. The molecule has 1 fully saturated rings. The number of benzene rings is 1. The Morgan fingerprint density at radius 1 is 1.11 bits per heavy atom. The lowest BCUT2D eigenvalue weighted by Gasteiger charge is -2.21. The van der Waals surface area contributed by atoms with Crippen LogP contribution in [0.25, 0.3) is 0 Å². The van der Waals surface area contributed by atoms with Crippen molar-refractivity contribution in [2.24, 2.45) is 5.92 Å². The van der Waals surface area contributed by atoms with Gasteiger partial charge in [0.2, 0.25) is 5.91 Å². The number of carbonyl (C=O) groups is 1. The van der Waals surface area contributed by atoms with Gasteiger partial charge in [-0.1, -0.05) is 32.1 Å². The van der Waals surface area contributed by atoms with Crippen molar-refractivity contribution in [3.05, 3.63) is 24.3 Å². The molecule has 1 aliphatic carbocycles. The molecule has 0 spiro atoms. The van der Waals surface area contributed by atoms with E-state index in [4.69, 9.17) is 0 Å². The molecular formula is C16H24N2O. The first-order valence-corrected chi connectivity index (χ1v) is 7.35. The van der Waals surface area contributed by atoms with E-state index in [0.717, 1.165) is 23.8 Å². The number of rotatable bonds is 5. The number of carbonyl (C=O) groups excluding carboxylic acids is 1. The van der Waals surface area contributed by atoms with E-state index in [1.165, 1.54) is 45.4 Å². The average Bonchev–Trinajstić information content (AvgIpc) is 2.41. The largest absolute Gasteiger partial charge is 0.385 e. The van der Waals surface area contributed by atoms with E-state index >= 15 is 0 Å². The SMILES string of the molecule is CC(=O)Nc1ccc(NCCC2CCCCC2)cc1. The van der Waals surface area contributed by atoms with Crippen molar-refractivity contribution in [1.82, 2.24) is 0 Å². The molecule has 2 N–H and O–H groups in total. The van der Waals surface area contributed by atoms with E-state index in [2.05, 4.69) is 10.6 Å². The minimum Gasteiger partial charge on any atom is -0.385 e. The van der Waals surface area contributed by atoms with E-state index in [0.29, 0.717) is 0 Å². The van der Waals surface area contributed by atoms with E-state index in [1.807, 2.05) is 24.3 Å². The van der Waals surface area contributed by atoms with Gasteiger partial charge in [-0.05, 0) is 36.6 Å². The fourth-order valence-corrected chi connectivity index (χ4v) is 2.77. The van der Waals surface area contributed by atoms with Crippen LogP contribution in [0.4, 0.5) is 11.4 Å². The number of anilines is 2. The first kappa shape index (κ1) is 13.9. The molecule has 3 heteroatoms. The van der Waals surface area contributed by atoms with Gasteiger partial charge in [0.05, 0.1) is 0 Å². The first-order chi connectivity index (χ1) is 9.24. The molecule has 1 aromatic carbocycles. The van der Waals surface area contributed by atoms with Crippen molar-refractivity contribution in [2.75, 3.05) is 17.2 Å². The van der Waals surface area contributed by atoms with Crippen LogP contribution in [0.5, 0.6) is 0 Å². The summed E-state index contributed by atoms with van der Waals surface area (Å²) in [5.41, 5.74) is 1.98. The highest BCUT2D eigenvalue weighted by Crippen LogP contribution is 2.26. The molecule has 0 aromatic heterocycles. The molecule has 0 radical (unpaired) electrons. The van der Waals surface area contributed by atoms with E-state index in [9.17, 15) is 4.79 Å². The zero-order valence-corrected chi connectivity index (χ0v) is 11.7. The number of hydrogen-bond donors (Lipinski definition) is 2. The third-order valence-corrected chi connectivity index (χ3v) is 3.81. The van der Waals surface area contributed by atoms with Crippen LogP contribution in [-0.4, -0.2) is 12.5 Å². The molecule has 1 aliphatic rings. The van der Waals surface area contributed by atoms with E-state index in [1.54, 1.807) is 0 Å². The Hall–Kier alpha value is -1.51. The summed E-state index contributed by atoms with van der Waals surface area (Å²) < 4.78 is 0. The molecular weight excluding hydrogens is 236 g/mol. The molecule has 3 nitrogen and oxygen atoms in total. The standard InChI is InChI=1S/C16H24N2O/c1-13(19)18-16-9-7-15(8-10-16)17-12-11-14-5-3-2-4-6-14/h7-10,14,17H,2-6,11-12H2,1H3,(H,18,19). The van der Waals surface area contributed by atoms with Crippen molar-refractivity contribution < 1.29 is 4.79 Å². The number of nitrogens with one attached hydrogen (secondary N) is 2. The molecule has 1 saturated carbocycles. The van der Waals surface area contributed by atoms with Crippen LogP contribution in [0.15, 0.2) is 24.3 Å². The lowest BCUT2D eigenvalue weighted by atomic mass is 9.87. The minimum absolute atomic E-state index is 0.0296. The van der Waals surface area contributed by atoms with Gasteiger partial charge in [-0.25, -0.2) is 0 Å². The smallest absolute Gasteiger partial charge is 0.221 e. The summed E-state index contributed by atoms with van der Waals surface area (Å²) in [5.74, 6) is 0.887. The maximum atomic E-state index is 10.9. The molecule has 0 heterocycles. The van der Waals surface area contributed by atoms with Crippen LogP contribution in [0, 0.1) is 5.92 Å². The first-order valence-electron chi connectivity index (χ1n) is 7.35. The summed E-state index contributed by atoms with van der Waals surface area (Å²) in [4.78, 5) is 10.9. The van der Waals surface area contributed by atoms with Crippen molar-refractivity contribution in [2.45, 2.75) is 45.4 Å². The van der Waals surface area contributed by atoms with Crippen molar-refractivity contribution in [3.8, 4) is 0 Å². The van der Waals surface area contributed by atoms with Crippen LogP contribution >= 0.6 is 0 Å². The normalized spacial score (nSPS) is 16.1. The lowest BCUT2D eigenvalue weighted by Crippen LogP contribution is -2.12. The second-order valence-electron chi connectivity index (χ2n) is 5.48. The molecule has 1 aromatic rings. The van der Waals surface area contributed by atoms with Crippen LogP contribution in [0.3, 0.4) is 0 Å². The van der Waals surface area contributed by atoms with Gasteiger partial charge in [-0.15, -0.1) is 0 Å². The van der Waals surface area contributed by atoms with Gasteiger partial charge in [0.15, 0.2) is 0 Å². The Morgan fingerprint density at radius 3 is 2.37 bits per heavy atom. The van der Waals surface area contributed by atoms with Crippen molar-refractivity contribution >= 4 is 17.3 Å². The molecule has 2 rings (SSSR count). The molecule has 0 saturated heterocycles. The average molecular weight is 260 g/mol. The summed E-state index contributed by atoms with van der Waals surface area (Å²) in [6, 6.07) is 7.91. The number of hydrogen-bond acceptors (Lipinski definition) is 2. The predicted octanol–water partition coefficient (Wildman–Crippen LogP) is 4.03. The Balaban J connectivity index is 1.71. The lowest BCUT2D eigenvalue weighted by molar-refractivity contribution is -0.114. The maximum Gasteiger partial charge on any atom is 0.221 e. The highest BCUT2D eigenvalue weighted by Gasteiger charge is 2.12. The number of amides is 1. The highest BCUT2D eigenvalue weighted by molar-refractivity contribution is 5.88. The summed E-state index contributed by atoms with van der Waals surface area (Å²) in [7, 11) is 0. The molecule has 19 heavy (non-hydrogen) atoms. The van der Waals surface area contributed by atoms with Gasteiger partial charge < -0.3 is 10.6 Å². The van der Waals surface area contributed by atoms with Crippen LogP contribution < -0.4 is 10.6 Å². The van der Waals surface area contributed by atoms with Gasteiger partial charge in [-0.2, -0.15) is 0 Å². The minimum atomic E-state index is -0.0296. The fourth-order valence-electron chi connectivity index (χ4n) is 2.77. The molecule has 0 aliphatic heterocycles. The van der Waals surface area contributed by atoms with Crippen LogP contribution in [0.1, 0.15) is 45.4 Å². The van der Waals surface area contributed by atoms with Gasteiger partial charge in [-0.3, -0.25) is 4.79 Å². The zero-order valence-electron chi connectivity index (χ0n) is 11.7. The van der Waals surface area contributed by atoms with Crippen LogP contribution in [0.2, 0.25) is 0 Å². The topological polar surface area (TPSA) is 41.1 Å². The summed E-state index contributed by atoms with van der Waals surface area (Å²) in [5, 5.41) is 6.23. The molecule has 104 valence electrons. The zero-order chi connectivity index (χ0) is 13.5. The van der Waals surface area contributed by atoms with Crippen molar-refractivity contribution in [3.63, 3.8) is 0 Å². The van der Waals surface area contributed by atoms with Gasteiger partial charge in [0.25, 0.3) is 0 Å². The molecule has 1 amide bonds. The fraction of sp³-hybridized carbons (Fsp3) is 0.562. The predicted molar refractivity (Wildman–Crippen MR) is 80.4 cm³/mol. The Bertz CT molecular complexity index is 394. The third kappa shape index (κ3) is 4.93. The molecule has 0 bridgehead atoms. The quantitative estimate of drug-likeness (QED) is 0.839. The van der Waals surface area contributed by atoms with E-state index < -0.39 is 0 Å². The second-order valence-corrected chi connectivity index (χ2v) is 5.48. The molecule has 0 unspecified atom stereocenters. The van der Waals surface area contributed by atoms with Gasteiger partial charge in [0, 0.05) is 24.8 Å². The Labute approximate surface area is 115 Å².